The molecule has 1 aliphatic rings. The SMILES string of the molecule is CN1CCN([SiH3])CC1. The van der Waals surface area contributed by atoms with Gasteiger partial charge in [-0.2, -0.15) is 0 Å². The van der Waals surface area contributed by atoms with Gasteiger partial charge in [-0.05, 0) is 7.05 Å². The zero-order chi connectivity index (χ0) is 5.98. The molecule has 1 saturated heterocycles. The van der Waals surface area contributed by atoms with E-state index in [-0.39, 0.29) is 0 Å². The van der Waals surface area contributed by atoms with Gasteiger partial charge in [0.25, 0.3) is 0 Å². The van der Waals surface area contributed by atoms with Crippen LogP contribution in [0.5, 0.6) is 0 Å². The maximum absolute atomic E-state index is 2.50. The Kier molecular flexibility index (Phi) is 2.05. The summed E-state index contributed by atoms with van der Waals surface area (Å²) < 4.78 is 2.50. The van der Waals surface area contributed by atoms with Crippen molar-refractivity contribution in [2.75, 3.05) is 33.2 Å². The molecule has 0 unspecified atom stereocenters. The first kappa shape index (κ1) is 6.26. The Morgan fingerprint density at radius 3 is 2.00 bits per heavy atom. The summed E-state index contributed by atoms with van der Waals surface area (Å²) in [5, 5.41) is 0. The second-order valence-electron chi connectivity index (χ2n) is 2.61. The maximum atomic E-state index is 2.50. The van der Waals surface area contributed by atoms with Crippen LogP contribution >= 0.6 is 0 Å². The van der Waals surface area contributed by atoms with Gasteiger partial charge in [0.05, 0.1) is 10.4 Å². The van der Waals surface area contributed by atoms with Gasteiger partial charge in [0.2, 0.25) is 0 Å². The van der Waals surface area contributed by atoms with Gasteiger partial charge in [-0.1, -0.05) is 0 Å². The summed E-state index contributed by atoms with van der Waals surface area (Å²) in [4.78, 5) is 2.38. The van der Waals surface area contributed by atoms with E-state index in [9.17, 15) is 0 Å². The predicted molar refractivity (Wildman–Crippen MR) is 39.0 cm³/mol. The van der Waals surface area contributed by atoms with Crippen LogP contribution in [0.2, 0.25) is 0 Å². The van der Waals surface area contributed by atoms with Gasteiger partial charge in [0, 0.05) is 26.2 Å². The molecule has 1 heterocycles. The summed E-state index contributed by atoms with van der Waals surface area (Å²) in [6.45, 7) is 5.12. The molecule has 0 amide bonds. The van der Waals surface area contributed by atoms with Crippen molar-refractivity contribution in [3.63, 3.8) is 0 Å². The molecular weight excluding hydrogens is 116 g/mol. The van der Waals surface area contributed by atoms with Crippen LogP contribution in [-0.4, -0.2) is 53.1 Å². The minimum absolute atomic E-state index is 1.25. The van der Waals surface area contributed by atoms with E-state index in [4.69, 9.17) is 0 Å². The Morgan fingerprint density at radius 1 is 1.12 bits per heavy atom. The number of likely N-dealkylation sites (N-methyl/N-ethyl adjacent to an activating group) is 1. The topological polar surface area (TPSA) is 6.48 Å². The van der Waals surface area contributed by atoms with E-state index in [2.05, 4.69) is 16.5 Å². The number of nitrogens with zero attached hydrogens (tertiary/aromatic N) is 2. The second-order valence-corrected chi connectivity index (χ2v) is 3.87. The standard InChI is InChI=1S/C5H14N2Si/c1-6-2-4-7(8)5-3-6/h2-5H2,1,8H3. The van der Waals surface area contributed by atoms with E-state index in [1.165, 1.54) is 36.6 Å². The van der Waals surface area contributed by atoms with Crippen molar-refractivity contribution in [2.24, 2.45) is 0 Å². The third-order valence-corrected chi connectivity index (χ3v) is 2.62. The molecule has 0 radical (unpaired) electrons. The molecule has 1 rings (SSSR count). The van der Waals surface area contributed by atoms with Gasteiger partial charge in [0.15, 0.2) is 0 Å². The van der Waals surface area contributed by atoms with Crippen molar-refractivity contribution in [3.05, 3.63) is 0 Å². The minimum atomic E-state index is 1.25. The van der Waals surface area contributed by atoms with Gasteiger partial charge in [0.1, 0.15) is 0 Å². The highest BCUT2D eigenvalue weighted by Gasteiger charge is 2.07. The highest BCUT2D eigenvalue weighted by molar-refractivity contribution is 6.04. The Labute approximate surface area is 54.0 Å². The third-order valence-electron chi connectivity index (χ3n) is 1.73. The van der Waals surface area contributed by atoms with Gasteiger partial charge >= 0.3 is 0 Å². The lowest BCUT2D eigenvalue weighted by atomic mass is 10.4. The average molecular weight is 130 g/mol. The lowest BCUT2D eigenvalue weighted by Gasteiger charge is -2.29. The molecule has 0 aromatic rings. The lowest BCUT2D eigenvalue weighted by Crippen LogP contribution is -2.42. The van der Waals surface area contributed by atoms with Crippen LogP contribution in [0, 0.1) is 0 Å². The summed E-state index contributed by atoms with van der Waals surface area (Å²) in [6, 6.07) is 0. The smallest absolute Gasteiger partial charge is 0.0785 e. The number of hydrogen-bond acceptors (Lipinski definition) is 2. The Hall–Kier alpha value is 0.137. The second kappa shape index (κ2) is 2.62. The highest BCUT2D eigenvalue weighted by Crippen LogP contribution is 1.92. The zero-order valence-corrected chi connectivity index (χ0v) is 7.72. The number of hydrogen-bond donors (Lipinski definition) is 0. The minimum Gasteiger partial charge on any atom is -0.330 e. The number of piperazine rings is 1. The first-order valence-corrected chi connectivity index (χ1v) is 4.05. The van der Waals surface area contributed by atoms with Crippen LogP contribution in [-0.2, 0) is 0 Å². The van der Waals surface area contributed by atoms with Gasteiger partial charge in [-0.15, -0.1) is 0 Å². The molecule has 0 bridgehead atoms. The molecule has 0 spiro atoms. The molecule has 0 N–H and O–H groups in total. The summed E-state index contributed by atoms with van der Waals surface area (Å²) in [7, 11) is 3.44. The predicted octanol–water partition coefficient (Wildman–Crippen LogP) is -1.49. The van der Waals surface area contributed by atoms with Crippen LogP contribution in [0.25, 0.3) is 0 Å². The summed E-state index contributed by atoms with van der Waals surface area (Å²) in [5.74, 6) is 0. The molecule has 3 heteroatoms. The fourth-order valence-electron chi connectivity index (χ4n) is 0.906. The Balaban J connectivity index is 2.19. The van der Waals surface area contributed by atoms with Gasteiger partial charge in [-0.25, -0.2) is 0 Å². The maximum Gasteiger partial charge on any atom is 0.0785 e. The average Bonchev–Trinajstić information content (AvgIpc) is 1.77. The zero-order valence-electron chi connectivity index (χ0n) is 5.72. The fraction of sp³-hybridized carbons (Fsp3) is 1.00. The summed E-state index contributed by atoms with van der Waals surface area (Å²) >= 11 is 0. The number of rotatable bonds is 0. The van der Waals surface area contributed by atoms with Crippen LogP contribution in [0.4, 0.5) is 0 Å². The molecule has 2 nitrogen and oxygen atoms in total. The van der Waals surface area contributed by atoms with Crippen LogP contribution in [0.1, 0.15) is 0 Å². The molecule has 0 aliphatic carbocycles. The Morgan fingerprint density at radius 2 is 1.62 bits per heavy atom. The van der Waals surface area contributed by atoms with Gasteiger partial charge in [-0.3, -0.25) is 0 Å². The molecular formula is C5H14N2Si. The normalized spacial score (nSPS) is 26.6. The van der Waals surface area contributed by atoms with E-state index in [1.54, 1.807) is 0 Å². The molecule has 8 heavy (non-hydrogen) atoms. The van der Waals surface area contributed by atoms with Crippen molar-refractivity contribution in [2.45, 2.75) is 0 Å². The van der Waals surface area contributed by atoms with Crippen LogP contribution < -0.4 is 0 Å². The van der Waals surface area contributed by atoms with Crippen molar-refractivity contribution >= 4 is 10.4 Å². The van der Waals surface area contributed by atoms with Crippen molar-refractivity contribution < 1.29 is 0 Å². The monoisotopic (exact) mass is 130 g/mol. The van der Waals surface area contributed by atoms with Crippen molar-refractivity contribution in [3.8, 4) is 0 Å². The van der Waals surface area contributed by atoms with Crippen LogP contribution in [0.15, 0.2) is 0 Å². The largest absolute Gasteiger partial charge is 0.330 e. The fourth-order valence-corrected chi connectivity index (χ4v) is 1.31. The molecule has 1 fully saturated rings. The molecule has 1 aliphatic heterocycles. The third kappa shape index (κ3) is 1.58. The van der Waals surface area contributed by atoms with E-state index in [0.29, 0.717) is 0 Å². The van der Waals surface area contributed by atoms with Gasteiger partial charge < -0.3 is 9.47 Å². The molecule has 0 saturated carbocycles. The van der Waals surface area contributed by atoms with Crippen molar-refractivity contribution in [1.82, 2.24) is 9.47 Å². The van der Waals surface area contributed by atoms with E-state index >= 15 is 0 Å². The highest BCUT2D eigenvalue weighted by atomic mass is 28.2. The first-order chi connectivity index (χ1) is 3.79. The summed E-state index contributed by atoms with van der Waals surface area (Å²) in [6.07, 6.45) is 0. The molecule has 48 valence electrons. The molecule has 0 atom stereocenters. The first-order valence-electron chi connectivity index (χ1n) is 3.16. The molecule has 0 aromatic carbocycles. The molecule has 0 aromatic heterocycles. The van der Waals surface area contributed by atoms with Crippen LogP contribution in [0.3, 0.4) is 0 Å². The summed E-state index contributed by atoms with van der Waals surface area (Å²) in [5.41, 5.74) is 0. The van der Waals surface area contributed by atoms with E-state index in [1.807, 2.05) is 0 Å². The van der Waals surface area contributed by atoms with Crippen molar-refractivity contribution in [1.29, 1.82) is 0 Å². The Bertz CT molecular complexity index is 58.8. The lowest BCUT2D eigenvalue weighted by molar-refractivity contribution is 0.227. The van der Waals surface area contributed by atoms with E-state index < -0.39 is 0 Å². The quantitative estimate of drug-likeness (QED) is 0.369. The van der Waals surface area contributed by atoms with E-state index in [0.717, 1.165) is 0 Å².